The van der Waals surface area contributed by atoms with E-state index in [0.717, 1.165) is 48.1 Å². The van der Waals surface area contributed by atoms with E-state index in [-0.39, 0.29) is 23.2 Å². The normalized spacial score (nSPS) is 16.6. The molecule has 0 bridgehead atoms. The first-order chi connectivity index (χ1) is 17.0. The fraction of sp³-hybridized carbons (Fsp3) is 0.393. The van der Waals surface area contributed by atoms with Gasteiger partial charge in [-0.1, -0.05) is 25.1 Å². The summed E-state index contributed by atoms with van der Waals surface area (Å²) < 4.78 is 20.3. The molecular weight excluding hydrogens is 445 g/mol. The van der Waals surface area contributed by atoms with Crippen LogP contribution in [0.4, 0.5) is 4.39 Å². The van der Waals surface area contributed by atoms with Gasteiger partial charge in [-0.25, -0.2) is 9.49 Å². The van der Waals surface area contributed by atoms with Gasteiger partial charge in [-0.3, -0.25) is 9.59 Å². The number of benzene rings is 2. The first kappa shape index (κ1) is 23.4. The molecular formula is C28H30FN3O3. The molecule has 0 saturated carbocycles. The maximum atomic E-state index is 14.9. The molecule has 1 atom stereocenters. The highest BCUT2D eigenvalue weighted by molar-refractivity contribution is 5.95. The average molecular weight is 476 g/mol. The molecule has 2 heterocycles. The number of H-pyrrole nitrogens is 1. The van der Waals surface area contributed by atoms with Crippen LogP contribution in [0.3, 0.4) is 0 Å². The number of hydrogen-bond donors (Lipinski definition) is 1. The zero-order valence-electron chi connectivity index (χ0n) is 20.0. The Balaban J connectivity index is 1.41. The summed E-state index contributed by atoms with van der Waals surface area (Å²) in [5.41, 5.74) is 5.49. The summed E-state index contributed by atoms with van der Waals surface area (Å²) in [4.78, 5) is 26.9. The largest absolute Gasteiger partial charge is 0.378 e. The molecule has 0 radical (unpaired) electrons. The Hall–Kier alpha value is -3.32. The number of fused-ring (bicyclic) bond motifs is 1. The SMILES string of the molecule is CC(Cc1n[nH]c(=O)c2c1CCCC2)c1ccc(F)c(-c2cccc(C(=O)N3CCOCC3)c2)c1. The zero-order chi connectivity index (χ0) is 24.4. The number of hydrogen-bond acceptors (Lipinski definition) is 4. The van der Waals surface area contributed by atoms with Crippen LogP contribution in [0.1, 0.15) is 58.4 Å². The van der Waals surface area contributed by atoms with Crippen LogP contribution in [-0.4, -0.2) is 47.3 Å². The van der Waals surface area contributed by atoms with Gasteiger partial charge in [0.25, 0.3) is 11.5 Å². The van der Waals surface area contributed by atoms with Crippen LogP contribution < -0.4 is 5.56 Å². The van der Waals surface area contributed by atoms with Crippen molar-refractivity contribution in [2.75, 3.05) is 26.3 Å². The second kappa shape index (κ2) is 10.1. The number of nitrogens with one attached hydrogen (secondary N) is 1. The second-order valence-electron chi connectivity index (χ2n) is 9.49. The maximum Gasteiger partial charge on any atom is 0.267 e. The van der Waals surface area contributed by atoms with Crippen LogP contribution in [0.15, 0.2) is 47.3 Å². The number of morpholine rings is 1. The Kier molecular flexibility index (Phi) is 6.77. The summed E-state index contributed by atoms with van der Waals surface area (Å²) in [6.07, 6.45) is 4.45. The second-order valence-corrected chi connectivity index (χ2v) is 9.49. The molecule has 1 saturated heterocycles. The minimum atomic E-state index is -0.323. The molecule has 6 nitrogen and oxygen atoms in total. The number of ether oxygens (including phenoxy) is 1. The van der Waals surface area contributed by atoms with E-state index in [2.05, 4.69) is 17.1 Å². The van der Waals surface area contributed by atoms with E-state index in [4.69, 9.17) is 4.74 Å². The van der Waals surface area contributed by atoms with Crippen molar-refractivity contribution in [1.82, 2.24) is 15.1 Å². The lowest BCUT2D eigenvalue weighted by Crippen LogP contribution is -2.40. The topological polar surface area (TPSA) is 75.3 Å². The third kappa shape index (κ3) is 4.91. The lowest BCUT2D eigenvalue weighted by Gasteiger charge is -2.27. The number of carbonyl (C=O) groups excluding carboxylic acids is 1. The standard InChI is InChI=1S/C28H30FN3O3/c1-18(15-26-22-7-2-3-8-23(22)27(33)31-30-26)19-9-10-25(29)24(17-19)20-5-4-6-21(16-20)28(34)32-11-13-35-14-12-32/h4-6,9-10,16-18H,2-3,7-8,11-15H2,1H3,(H,31,33). The molecule has 0 spiro atoms. The number of carbonyl (C=O) groups is 1. The van der Waals surface area contributed by atoms with E-state index in [9.17, 15) is 14.0 Å². The van der Waals surface area contributed by atoms with Gasteiger partial charge < -0.3 is 9.64 Å². The van der Waals surface area contributed by atoms with Gasteiger partial charge in [-0.15, -0.1) is 0 Å². The fourth-order valence-electron chi connectivity index (χ4n) is 5.14. The van der Waals surface area contributed by atoms with Gasteiger partial charge in [-0.05, 0) is 79.0 Å². The molecule has 2 aromatic carbocycles. The summed E-state index contributed by atoms with van der Waals surface area (Å²) >= 11 is 0. The lowest BCUT2D eigenvalue weighted by molar-refractivity contribution is 0.0303. The van der Waals surface area contributed by atoms with Crippen LogP contribution in [0.2, 0.25) is 0 Å². The first-order valence-electron chi connectivity index (χ1n) is 12.4. The third-order valence-corrected chi connectivity index (χ3v) is 7.16. The average Bonchev–Trinajstić information content (AvgIpc) is 2.91. The molecule has 1 amide bonds. The van der Waals surface area contributed by atoms with Gasteiger partial charge >= 0.3 is 0 Å². The highest BCUT2D eigenvalue weighted by atomic mass is 19.1. The maximum absolute atomic E-state index is 14.9. The molecule has 1 aliphatic heterocycles. The number of halogens is 1. The van der Waals surface area contributed by atoms with Crippen LogP contribution in [0.5, 0.6) is 0 Å². The van der Waals surface area contributed by atoms with Crippen molar-refractivity contribution < 1.29 is 13.9 Å². The minimum absolute atomic E-state index is 0.0611. The van der Waals surface area contributed by atoms with Gasteiger partial charge in [0.15, 0.2) is 0 Å². The van der Waals surface area contributed by atoms with Crippen molar-refractivity contribution in [2.24, 2.45) is 0 Å². The van der Waals surface area contributed by atoms with E-state index in [1.807, 2.05) is 18.2 Å². The van der Waals surface area contributed by atoms with Gasteiger partial charge in [-0.2, -0.15) is 5.10 Å². The summed E-state index contributed by atoms with van der Waals surface area (Å²) in [6.45, 7) is 4.29. The van der Waals surface area contributed by atoms with Crippen LogP contribution in [0, 0.1) is 5.82 Å². The molecule has 182 valence electrons. The van der Waals surface area contributed by atoms with E-state index < -0.39 is 0 Å². The minimum Gasteiger partial charge on any atom is -0.378 e. The molecule has 7 heteroatoms. The van der Waals surface area contributed by atoms with Crippen molar-refractivity contribution in [3.05, 3.63) is 86.6 Å². The molecule has 1 unspecified atom stereocenters. The van der Waals surface area contributed by atoms with Crippen LogP contribution >= 0.6 is 0 Å². The van der Waals surface area contributed by atoms with E-state index >= 15 is 0 Å². The first-order valence-corrected chi connectivity index (χ1v) is 12.4. The van der Waals surface area contributed by atoms with Gasteiger partial charge in [0.2, 0.25) is 0 Å². The number of amides is 1. The predicted octanol–water partition coefficient (Wildman–Crippen LogP) is 4.27. The predicted molar refractivity (Wildman–Crippen MR) is 132 cm³/mol. The van der Waals surface area contributed by atoms with Crippen molar-refractivity contribution >= 4 is 5.91 Å². The lowest BCUT2D eigenvalue weighted by atomic mass is 9.87. The number of aromatic amines is 1. The quantitative estimate of drug-likeness (QED) is 0.598. The molecule has 5 rings (SSSR count). The van der Waals surface area contributed by atoms with Crippen molar-refractivity contribution in [2.45, 2.75) is 44.9 Å². The zero-order valence-corrected chi connectivity index (χ0v) is 20.0. The van der Waals surface area contributed by atoms with E-state index in [1.54, 1.807) is 23.1 Å². The molecule has 3 aromatic rings. The molecule has 35 heavy (non-hydrogen) atoms. The molecule has 1 aliphatic carbocycles. The summed E-state index contributed by atoms with van der Waals surface area (Å²) in [5.74, 6) is -0.303. The Morgan fingerprint density at radius 1 is 1.11 bits per heavy atom. The Morgan fingerprint density at radius 3 is 2.69 bits per heavy atom. The molecule has 1 N–H and O–H groups in total. The summed E-state index contributed by atoms with van der Waals surface area (Å²) in [6, 6.07) is 12.4. The highest BCUT2D eigenvalue weighted by Crippen LogP contribution is 2.30. The molecule has 1 fully saturated rings. The number of aromatic nitrogens is 2. The number of rotatable bonds is 5. The fourth-order valence-corrected chi connectivity index (χ4v) is 5.14. The van der Waals surface area contributed by atoms with Gasteiger partial charge in [0.05, 0.1) is 18.9 Å². The van der Waals surface area contributed by atoms with E-state index in [0.29, 0.717) is 49.4 Å². The van der Waals surface area contributed by atoms with Crippen molar-refractivity contribution in [3.63, 3.8) is 0 Å². The Bertz CT molecular complexity index is 1300. The summed E-state index contributed by atoms with van der Waals surface area (Å²) in [7, 11) is 0. The van der Waals surface area contributed by atoms with Gasteiger partial charge in [0, 0.05) is 29.8 Å². The number of nitrogens with zero attached hydrogens (tertiary/aromatic N) is 2. The van der Waals surface area contributed by atoms with Crippen LogP contribution in [0.25, 0.3) is 11.1 Å². The monoisotopic (exact) mass is 475 g/mol. The summed E-state index contributed by atoms with van der Waals surface area (Å²) in [5, 5.41) is 7.03. The van der Waals surface area contributed by atoms with Crippen LogP contribution in [-0.2, 0) is 24.0 Å². The van der Waals surface area contributed by atoms with Crippen molar-refractivity contribution in [3.8, 4) is 11.1 Å². The van der Waals surface area contributed by atoms with Crippen molar-refractivity contribution in [1.29, 1.82) is 0 Å². The molecule has 2 aliphatic rings. The third-order valence-electron chi connectivity index (χ3n) is 7.16. The van der Waals surface area contributed by atoms with Gasteiger partial charge in [0.1, 0.15) is 5.82 Å². The Morgan fingerprint density at radius 2 is 1.89 bits per heavy atom. The highest BCUT2D eigenvalue weighted by Gasteiger charge is 2.22. The van der Waals surface area contributed by atoms with E-state index in [1.165, 1.54) is 6.07 Å². The smallest absolute Gasteiger partial charge is 0.267 e. The molecule has 1 aromatic heterocycles. The Labute approximate surface area is 204 Å².